The molecule has 5 heterocycles. The Morgan fingerprint density at radius 3 is 2.62 bits per heavy atom. The first kappa shape index (κ1) is 17.9. The lowest BCUT2D eigenvalue weighted by Crippen LogP contribution is -1.99. The lowest BCUT2D eigenvalue weighted by Gasteiger charge is -2.08. The summed E-state index contributed by atoms with van der Waals surface area (Å²) in [6.45, 7) is 2.35. The largest absolute Gasteiger partial charge is 0.495 e. The number of hydrogen-bond acceptors (Lipinski definition) is 9. The molecule has 5 aromatic rings. The lowest BCUT2D eigenvalue weighted by atomic mass is 10.3. The van der Waals surface area contributed by atoms with Crippen LogP contribution in [0.3, 0.4) is 0 Å². The summed E-state index contributed by atoms with van der Waals surface area (Å²) in [4.78, 5) is 9.78. The Bertz CT molecular complexity index is 1290. The molecular weight excluding hydrogens is 412 g/mol. The van der Waals surface area contributed by atoms with Gasteiger partial charge in [0.1, 0.15) is 35.0 Å². The van der Waals surface area contributed by atoms with Crippen molar-refractivity contribution in [3.8, 4) is 28.1 Å². The summed E-state index contributed by atoms with van der Waals surface area (Å²) < 4.78 is 20.0. The molecule has 0 unspecified atom stereocenters. The van der Waals surface area contributed by atoms with Crippen LogP contribution in [0, 0.1) is 6.92 Å². The second kappa shape index (κ2) is 7.01. The van der Waals surface area contributed by atoms with E-state index < -0.39 is 0 Å². The molecular formula is C18H16N6O3S2. The highest BCUT2D eigenvalue weighted by atomic mass is 32.1. The number of rotatable bonds is 6. The second-order valence-corrected chi connectivity index (χ2v) is 8.16. The van der Waals surface area contributed by atoms with Crippen LogP contribution in [0.2, 0.25) is 0 Å². The topological polar surface area (TPSA) is 88.1 Å². The Labute approximate surface area is 173 Å². The van der Waals surface area contributed by atoms with Crippen molar-refractivity contribution in [2.24, 2.45) is 0 Å². The second-order valence-electron chi connectivity index (χ2n) is 6.18. The molecule has 0 aliphatic heterocycles. The van der Waals surface area contributed by atoms with Gasteiger partial charge in [-0.05, 0) is 24.3 Å². The molecule has 5 rings (SSSR count). The quantitative estimate of drug-likeness (QED) is 0.409. The van der Waals surface area contributed by atoms with Gasteiger partial charge in [-0.2, -0.15) is 5.10 Å². The highest BCUT2D eigenvalue weighted by molar-refractivity contribution is 7.18. The van der Waals surface area contributed by atoms with Gasteiger partial charge in [-0.15, -0.1) is 16.4 Å². The molecule has 0 fully saturated rings. The van der Waals surface area contributed by atoms with Gasteiger partial charge in [-0.3, -0.25) is 0 Å². The monoisotopic (exact) mass is 428 g/mol. The number of methoxy groups -OCH3 is 2. The maximum absolute atomic E-state index is 6.04. The van der Waals surface area contributed by atoms with Crippen molar-refractivity contribution in [2.45, 2.75) is 13.5 Å². The average Bonchev–Trinajstić information content (AvgIpc) is 3.47. The van der Waals surface area contributed by atoms with E-state index in [1.165, 1.54) is 11.3 Å². The summed E-state index contributed by atoms with van der Waals surface area (Å²) in [6, 6.07) is 3.78. The number of aromatic nitrogens is 6. The van der Waals surface area contributed by atoms with Crippen LogP contribution in [0.15, 0.2) is 29.9 Å². The maximum Gasteiger partial charge on any atom is 0.294 e. The van der Waals surface area contributed by atoms with Crippen molar-refractivity contribution in [2.75, 3.05) is 14.2 Å². The van der Waals surface area contributed by atoms with E-state index in [-0.39, 0.29) is 0 Å². The average molecular weight is 428 g/mol. The summed E-state index contributed by atoms with van der Waals surface area (Å²) in [7, 11) is 3.20. The van der Waals surface area contributed by atoms with Gasteiger partial charge in [-0.1, -0.05) is 0 Å². The van der Waals surface area contributed by atoms with Crippen molar-refractivity contribution in [3.63, 3.8) is 0 Å². The predicted molar refractivity (Wildman–Crippen MR) is 109 cm³/mol. The normalized spacial score (nSPS) is 11.4. The molecule has 0 aromatic carbocycles. The SMILES string of the molecule is COc1cc(OCc2csc(C)n2)c2cc(-c3cn4nc(OC)sc4n3)nn2c1. The maximum atomic E-state index is 6.04. The molecule has 0 bridgehead atoms. The van der Waals surface area contributed by atoms with Gasteiger partial charge in [0.2, 0.25) is 4.96 Å². The van der Waals surface area contributed by atoms with Gasteiger partial charge in [0.05, 0.1) is 37.3 Å². The Morgan fingerprint density at radius 1 is 1.00 bits per heavy atom. The molecule has 0 aliphatic rings. The summed E-state index contributed by atoms with van der Waals surface area (Å²) >= 11 is 2.97. The van der Waals surface area contributed by atoms with Crippen molar-refractivity contribution in [1.29, 1.82) is 0 Å². The summed E-state index contributed by atoms with van der Waals surface area (Å²) in [6.07, 6.45) is 3.63. The zero-order chi connectivity index (χ0) is 20.0. The van der Waals surface area contributed by atoms with Gasteiger partial charge < -0.3 is 14.2 Å². The fourth-order valence-electron chi connectivity index (χ4n) is 2.90. The van der Waals surface area contributed by atoms with E-state index in [1.807, 2.05) is 30.6 Å². The Kier molecular flexibility index (Phi) is 4.32. The fourth-order valence-corrected chi connectivity index (χ4v) is 4.20. The molecule has 0 spiro atoms. The minimum absolute atomic E-state index is 0.373. The molecule has 0 amide bonds. The first-order chi connectivity index (χ1) is 14.1. The van der Waals surface area contributed by atoms with Crippen molar-refractivity contribution in [3.05, 3.63) is 40.6 Å². The smallest absolute Gasteiger partial charge is 0.294 e. The van der Waals surface area contributed by atoms with Crippen LogP contribution < -0.4 is 14.2 Å². The van der Waals surface area contributed by atoms with Crippen LogP contribution in [-0.4, -0.2) is 43.4 Å². The third-order valence-corrected chi connectivity index (χ3v) is 5.96. The minimum Gasteiger partial charge on any atom is -0.495 e. The number of thiazole rings is 1. The van der Waals surface area contributed by atoms with Gasteiger partial charge in [0.15, 0.2) is 0 Å². The molecule has 0 radical (unpaired) electrons. The van der Waals surface area contributed by atoms with Gasteiger partial charge in [-0.25, -0.2) is 19.0 Å². The Hall–Kier alpha value is -3.18. The fraction of sp³-hybridized carbons (Fsp3) is 0.222. The van der Waals surface area contributed by atoms with E-state index >= 15 is 0 Å². The van der Waals surface area contributed by atoms with E-state index in [0.29, 0.717) is 29.0 Å². The molecule has 0 aliphatic carbocycles. The number of nitrogens with zero attached hydrogens (tertiary/aromatic N) is 6. The third kappa shape index (κ3) is 3.28. The zero-order valence-electron chi connectivity index (χ0n) is 15.8. The molecule has 0 atom stereocenters. The standard InChI is InChI=1S/C18H16N6O3S2/c1-10-19-11(9-28-10)8-27-16-4-12(25-2)6-23-15(16)5-13(21-23)14-7-24-17(20-14)29-18(22-24)26-3/h4-7,9H,8H2,1-3H3. The summed E-state index contributed by atoms with van der Waals surface area (Å²) in [5.74, 6) is 1.31. The van der Waals surface area contributed by atoms with Gasteiger partial charge in [0, 0.05) is 11.4 Å². The summed E-state index contributed by atoms with van der Waals surface area (Å²) in [5, 5.41) is 12.5. The van der Waals surface area contributed by atoms with E-state index in [4.69, 9.17) is 14.2 Å². The lowest BCUT2D eigenvalue weighted by molar-refractivity contribution is 0.301. The third-order valence-electron chi connectivity index (χ3n) is 4.25. The van der Waals surface area contributed by atoms with Crippen molar-refractivity contribution < 1.29 is 14.2 Å². The van der Waals surface area contributed by atoms with Gasteiger partial charge in [0.25, 0.3) is 5.19 Å². The van der Waals surface area contributed by atoms with Crippen LogP contribution >= 0.6 is 22.7 Å². The highest BCUT2D eigenvalue weighted by Crippen LogP contribution is 2.31. The van der Waals surface area contributed by atoms with E-state index in [9.17, 15) is 0 Å². The molecule has 11 heteroatoms. The molecule has 9 nitrogen and oxygen atoms in total. The predicted octanol–water partition coefficient (Wildman–Crippen LogP) is 3.47. The first-order valence-corrected chi connectivity index (χ1v) is 10.3. The van der Waals surface area contributed by atoms with E-state index in [2.05, 4.69) is 20.2 Å². The van der Waals surface area contributed by atoms with Crippen LogP contribution in [-0.2, 0) is 6.61 Å². The van der Waals surface area contributed by atoms with Crippen LogP contribution in [0.4, 0.5) is 0 Å². The molecule has 148 valence electrons. The number of hydrogen-bond donors (Lipinski definition) is 0. The number of pyridine rings is 1. The first-order valence-electron chi connectivity index (χ1n) is 8.65. The zero-order valence-corrected chi connectivity index (χ0v) is 17.5. The van der Waals surface area contributed by atoms with Gasteiger partial charge >= 0.3 is 0 Å². The van der Waals surface area contributed by atoms with Crippen molar-refractivity contribution >= 4 is 33.2 Å². The van der Waals surface area contributed by atoms with Crippen LogP contribution in [0.1, 0.15) is 10.7 Å². The number of ether oxygens (including phenoxy) is 3. The number of fused-ring (bicyclic) bond motifs is 2. The number of aryl methyl sites for hydroxylation is 1. The van der Waals surface area contributed by atoms with Crippen LogP contribution in [0.25, 0.3) is 21.9 Å². The minimum atomic E-state index is 0.373. The number of imidazole rings is 1. The Balaban J connectivity index is 1.52. The Morgan fingerprint density at radius 2 is 1.90 bits per heavy atom. The molecule has 0 N–H and O–H groups in total. The van der Waals surface area contributed by atoms with Crippen molar-refractivity contribution in [1.82, 2.24) is 29.2 Å². The van der Waals surface area contributed by atoms with E-state index in [1.54, 1.807) is 40.8 Å². The molecule has 0 saturated heterocycles. The summed E-state index contributed by atoms with van der Waals surface area (Å²) in [5.41, 5.74) is 3.14. The highest BCUT2D eigenvalue weighted by Gasteiger charge is 2.16. The molecule has 5 aromatic heterocycles. The van der Waals surface area contributed by atoms with Crippen LogP contribution in [0.5, 0.6) is 16.7 Å². The molecule has 29 heavy (non-hydrogen) atoms. The van der Waals surface area contributed by atoms with E-state index in [0.717, 1.165) is 26.9 Å². The molecule has 0 saturated carbocycles.